The quantitative estimate of drug-likeness (QED) is 0.772. The van der Waals surface area contributed by atoms with Crippen molar-refractivity contribution < 1.29 is 4.79 Å². The van der Waals surface area contributed by atoms with Crippen LogP contribution in [-0.2, 0) is 11.3 Å². The van der Waals surface area contributed by atoms with E-state index in [0.717, 1.165) is 47.3 Å². The molecular weight excluding hydrogens is 354 g/mol. The van der Waals surface area contributed by atoms with E-state index in [-0.39, 0.29) is 11.3 Å². The summed E-state index contributed by atoms with van der Waals surface area (Å²) in [6.07, 6.45) is 2.20. The summed E-state index contributed by atoms with van der Waals surface area (Å²) in [5, 5.41) is -0.234. The Hall–Kier alpha value is -1.07. The van der Waals surface area contributed by atoms with Crippen LogP contribution >= 0.6 is 27.5 Å². The highest BCUT2D eigenvalue weighted by molar-refractivity contribution is 9.10. The second-order valence-electron chi connectivity index (χ2n) is 5.39. The molecule has 2 heterocycles. The van der Waals surface area contributed by atoms with Crippen LogP contribution in [0.1, 0.15) is 31.0 Å². The smallest absolute Gasteiger partial charge is 0.242 e. The third-order valence-corrected chi connectivity index (χ3v) is 4.54. The Kier molecular flexibility index (Phi) is 4.22. The molecule has 21 heavy (non-hydrogen) atoms. The molecule has 112 valence electrons. The van der Waals surface area contributed by atoms with Gasteiger partial charge in [0, 0.05) is 17.6 Å². The lowest BCUT2D eigenvalue weighted by atomic mass is 10.3. The van der Waals surface area contributed by atoms with Crippen LogP contribution in [-0.4, -0.2) is 33.4 Å². The number of carbonyl (C=O) groups excluding carboxylic acids is 1. The van der Waals surface area contributed by atoms with Crippen molar-refractivity contribution in [2.75, 3.05) is 13.1 Å². The van der Waals surface area contributed by atoms with Gasteiger partial charge in [0.05, 0.1) is 16.4 Å². The van der Waals surface area contributed by atoms with Gasteiger partial charge in [0.1, 0.15) is 12.4 Å². The Bertz CT molecular complexity index is 677. The lowest BCUT2D eigenvalue weighted by Crippen LogP contribution is -2.31. The third kappa shape index (κ3) is 2.94. The maximum absolute atomic E-state index is 12.4. The Balaban J connectivity index is 1.98. The van der Waals surface area contributed by atoms with Crippen LogP contribution in [0.2, 0.25) is 0 Å². The van der Waals surface area contributed by atoms with Crippen molar-refractivity contribution in [2.45, 2.75) is 31.7 Å². The minimum Gasteiger partial charge on any atom is -0.341 e. The van der Waals surface area contributed by atoms with Gasteiger partial charge in [-0.15, -0.1) is 11.6 Å². The van der Waals surface area contributed by atoms with Gasteiger partial charge in [0.25, 0.3) is 0 Å². The summed E-state index contributed by atoms with van der Waals surface area (Å²) in [6.45, 7) is 3.92. The molecule has 1 aromatic carbocycles. The fourth-order valence-electron chi connectivity index (χ4n) is 2.79. The van der Waals surface area contributed by atoms with Crippen LogP contribution in [0, 0.1) is 0 Å². The van der Waals surface area contributed by atoms with Crippen molar-refractivity contribution in [3.8, 4) is 0 Å². The van der Waals surface area contributed by atoms with Crippen LogP contribution in [0.5, 0.6) is 0 Å². The third-order valence-electron chi connectivity index (χ3n) is 3.85. The normalized spacial score (nSPS) is 16.6. The Morgan fingerprint density at radius 2 is 2.14 bits per heavy atom. The highest BCUT2D eigenvalue weighted by atomic mass is 79.9. The van der Waals surface area contributed by atoms with Gasteiger partial charge >= 0.3 is 0 Å². The molecule has 0 radical (unpaired) electrons. The molecule has 0 N–H and O–H groups in total. The van der Waals surface area contributed by atoms with Crippen molar-refractivity contribution in [1.29, 1.82) is 0 Å². The first-order valence-electron chi connectivity index (χ1n) is 7.14. The number of nitrogens with zero attached hydrogens (tertiary/aromatic N) is 3. The molecular formula is C15H17BrClN3O. The predicted octanol–water partition coefficient (Wildman–Crippen LogP) is 3.72. The molecule has 1 fully saturated rings. The van der Waals surface area contributed by atoms with E-state index in [1.807, 2.05) is 34.6 Å². The van der Waals surface area contributed by atoms with Gasteiger partial charge in [0.2, 0.25) is 5.91 Å². The van der Waals surface area contributed by atoms with Crippen molar-refractivity contribution in [3.63, 3.8) is 0 Å². The van der Waals surface area contributed by atoms with Crippen LogP contribution in [0.15, 0.2) is 22.7 Å². The second kappa shape index (κ2) is 5.97. The average molecular weight is 371 g/mol. The van der Waals surface area contributed by atoms with Gasteiger partial charge in [-0.1, -0.05) is 15.9 Å². The molecule has 0 saturated carbocycles. The van der Waals surface area contributed by atoms with Gasteiger partial charge < -0.3 is 9.47 Å². The van der Waals surface area contributed by atoms with E-state index >= 15 is 0 Å². The number of hydrogen-bond acceptors (Lipinski definition) is 2. The topological polar surface area (TPSA) is 38.1 Å². The van der Waals surface area contributed by atoms with Crippen LogP contribution in [0.3, 0.4) is 0 Å². The first-order valence-corrected chi connectivity index (χ1v) is 8.37. The van der Waals surface area contributed by atoms with Gasteiger partial charge in [-0.3, -0.25) is 4.79 Å². The summed E-state index contributed by atoms with van der Waals surface area (Å²) >= 11 is 9.69. The average Bonchev–Trinajstić information content (AvgIpc) is 3.06. The molecule has 1 aliphatic rings. The van der Waals surface area contributed by atoms with E-state index in [4.69, 9.17) is 11.6 Å². The molecule has 1 aromatic heterocycles. The highest BCUT2D eigenvalue weighted by Crippen LogP contribution is 2.27. The fourth-order valence-corrected chi connectivity index (χ4v) is 3.31. The zero-order valence-corrected chi connectivity index (χ0v) is 14.2. The SMILES string of the molecule is CC(Cl)c1nc2cc(Br)ccc2n1CC(=O)N1CCCC1. The van der Waals surface area contributed by atoms with Gasteiger partial charge in [-0.2, -0.15) is 0 Å². The minimum atomic E-state index is -0.234. The Labute approximate surface area is 137 Å². The molecule has 6 heteroatoms. The van der Waals surface area contributed by atoms with Crippen molar-refractivity contribution in [1.82, 2.24) is 14.5 Å². The van der Waals surface area contributed by atoms with E-state index < -0.39 is 0 Å². The molecule has 0 aliphatic carbocycles. The molecule has 3 rings (SSSR count). The van der Waals surface area contributed by atoms with Crippen LogP contribution in [0.4, 0.5) is 0 Å². The van der Waals surface area contributed by atoms with E-state index in [1.165, 1.54) is 0 Å². The van der Waals surface area contributed by atoms with Crippen LogP contribution < -0.4 is 0 Å². The van der Waals surface area contributed by atoms with Crippen LogP contribution in [0.25, 0.3) is 11.0 Å². The number of fused-ring (bicyclic) bond motifs is 1. The highest BCUT2D eigenvalue weighted by Gasteiger charge is 2.22. The molecule has 1 saturated heterocycles. The number of imidazole rings is 1. The molecule has 1 amide bonds. The summed E-state index contributed by atoms with van der Waals surface area (Å²) in [4.78, 5) is 18.9. The van der Waals surface area contributed by atoms with Gasteiger partial charge in [-0.25, -0.2) is 4.98 Å². The number of rotatable bonds is 3. The number of amides is 1. The Morgan fingerprint density at radius 1 is 1.43 bits per heavy atom. The van der Waals surface area contributed by atoms with E-state index in [9.17, 15) is 4.79 Å². The maximum atomic E-state index is 12.4. The number of halogens is 2. The van der Waals surface area contributed by atoms with Gasteiger partial charge in [0.15, 0.2) is 0 Å². The lowest BCUT2D eigenvalue weighted by molar-refractivity contribution is -0.130. The number of carbonyl (C=O) groups is 1. The van der Waals surface area contributed by atoms with Crippen molar-refractivity contribution in [2.24, 2.45) is 0 Å². The molecule has 0 bridgehead atoms. The molecule has 2 aromatic rings. The number of likely N-dealkylation sites (tertiary alicyclic amines) is 1. The minimum absolute atomic E-state index is 0.147. The molecule has 1 atom stereocenters. The first-order chi connectivity index (χ1) is 10.1. The summed E-state index contributed by atoms with van der Waals surface area (Å²) in [7, 11) is 0. The number of hydrogen-bond donors (Lipinski definition) is 0. The summed E-state index contributed by atoms with van der Waals surface area (Å²) < 4.78 is 2.92. The molecule has 4 nitrogen and oxygen atoms in total. The summed E-state index contributed by atoms with van der Waals surface area (Å²) in [5.41, 5.74) is 1.81. The lowest BCUT2D eigenvalue weighted by Gasteiger charge is -2.17. The second-order valence-corrected chi connectivity index (χ2v) is 6.96. The molecule has 0 spiro atoms. The zero-order valence-electron chi connectivity index (χ0n) is 11.9. The zero-order chi connectivity index (χ0) is 15.0. The molecule has 1 aliphatic heterocycles. The summed E-state index contributed by atoms with van der Waals surface area (Å²) in [6, 6.07) is 5.89. The van der Waals surface area contributed by atoms with Gasteiger partial charge in [-0.05, 0) is 38.0 Å². The van der Waals surface area contributed by atoms with E-state index in [1.54, 1.807) is 0 Å². The fraction of sp³-hybridized carbons (Fsp3) is 0.467. The number of benzene rings is 1. The van der Waals surface area contributed by atoms with E-state index in [0.29, 0.717) is 6.54 Å². The monoisotopic (exact) mass is 369 g/mol. The van der Waals surface area contributed by atoms with E-state index in [2.05, 4.69) is 20.9 Å². The van der Waals surface area contributed by atoms with Crippen molar-refractivity contribution in [3.05, 3.63) is 28.5 Å². The maximum Gasteiger partial charge on any atom is 0.242 e. The molecule has 1 unspecified atom stereocenters. The standard InChI is InChI=1S/C15H17BrClN3O/c1-10(17)15-18-12-8-11(16)4-5-13(12)20(15)9-14(21)19-6-2-3-7-19/h4-5,8,10H,2-3,6-7,9H2,1H3. The Morgan fingerprint density at radius 3 is 2.81 bits per heavy atom. The number of aromatic nitrogens is 2. The predicted molar refractivity (Wildman–Crippen MR) is 87.5 cm³/mol. The number of alkyl halides is 1. The largest absolute Gasteiger partial charge is 0.341 e. The first kappa shape index (κ1) is 14.9. The summed E-state index contributed by atoms with van der Waals surface area (Å²) in [5.74, 6) is 0.894. The van der Waals surface area contributed by atoms with Crippen molar-refractivity contribution >= 4 is 44.5 Å².